The van der Waals surface area contributed by atoms with Crippen LogP contribution >= 0.6 is 0 Å². The summed E-state index contributed by atoms with van der Waals surface area (Å²) >= 11 is 0. The second-order valence-corrected chi connectivity index (χ2v) is 5.62. The van der Waals surface area contributed by atoms with E-state index in [0.717, 1.165) is 24.9 Å². The molecule has 112 valence electrons. The van der Waals surface area contributed by atoms with Crippen molar-refractivity contribution in [1.82, 2.24) is 5.32 Å². The normalized spacial score (nSPS) is 12.2. The number of carbonyl (C=O) groups excluding carboxylic acids is 1. The summed E-state index contributed by atoms with van der Waals surface area (Å²) in [5.41, 5.74) is 1.10. The second-order valence-electron chi connectivity index (χ2n) is 5.62. The molecule has 1 amide bonds. The minimum atomic E-state index is 0.166. The van der Waals surface area contributed by atoms with E-state index in [2.05, 4.69) is 43.5 Å². The van der Waals surface area contributed by atoms with Crippen LogP contribution in [-0.4, -0.2) is 18.5 Å². The highest BCUT2D eigenvalue weighted by Crippen LogP contribution is 2.11. The molecule has 0 saturated carbocycles. The molecule has 1 rings (SSSR count). The third-order valence-electron chi connectivity index (χ3n) is 3.46. The highest BCUT2D eigenvalue weighted by Gasteiger charge is 2.14. The molecule has 0 fully saturated rings. The predicted octanol–water partition coefficient (Wildman–Crippen LogP) is 3.82. The van der Waals surface area contributed by atoms with Gasteiger partial charge in [0.15, 0.2) is 0 Å². The van der Waals surface area contributed by atoms with E-state index >= 15 is 0 Å². The predicted molar refractivity (Wildman–Crippen MR) is 85.8 cm³/mol. The first-order valence-electron chi connectivity index (χ1n) is 7.71. The van der Waals surface area contributed by atoms with Crippen molar-refractivity contribution >= 4 is 11.6 Å². The first-order valence-corrected chi connectivity index (χ1v) is 7.71. The number of unbranched alkanes of at least 4 members (excludes halogenated alkanes) is 2. The molecule has 0 radical (unpaired) electrons. The van der Waals surface area contributed by atoms with Crippen molar-refractivity contribution in [3.05, 3.63) is 30.3 Å². The number of hydrogen-bond donors (Lipinski definition) is 2. The second kappa shape index (κ2) is 9.40. The molecule has 0 aliphatic heterocycles. The Balaban J connectivity index is 2.38. The van der Waals surface area contributed by atoms with Gasteiger partial charge < -0.3 is 10.6 Å². The molecular weight excluding hydrogens is 248 g/mol. The first-order chi connectivity index (χ1) is 9.63. The largest absolute Gasteiger partial charge is 0.380 e. The number of nitrogens with one attached hydrogen (secondary N) is 2. The number of hydrogen-bond acceptors (Lipinski definition) is 2. The fourth-order valence-electron chi connectivity index (χ4n) is 2.05. The smallest absolute Gasteiger partial charge is 0.220 e. The van der Waals surface area contributed by atoms with Crippen LogP contribution in [0.15, 0.2) is 30.3 Å². The van der Waals surface area contributed by atoms with E-state index in [4.69, 9.17) is 0 Å². The zero-order valence-corrected chi connectivity index (χ0v) is 13.0. The van der Waals surface area contributed by atoms with Crippen LogP contribution in [0.3, 0.4) is 0 Å². The Morgan fingerprint density at radius 3 is 2.45 bits per heavy atom. The van der Waals surface area contributed by atoms with Crippen LogP contribution in [0, 0.1) is 5.92 Å². The van der Waals surface area contributed by atoms with Crippen LogP contribution in [0.4, 0.5) is 5.69 Å². The quantitative estimate of drug-likeness (QED) is 0.673. The highest BCUT2D eigenvalue weighted by atomic mass is 16.1. The van der Waals surface area contributed by atoms with Gasteiger partial charge in [0.1, 0.15) is 0 Å². The summed E-state index contributed by atoms with van der Waals surface area (Å²) in [7, 11) is 0. The van der Waals surface area contributed by atoms with Gasteiger partial charge in [-0.25, -0.2) is 0 Å². The number of rotatable bonds is 9. The van der Waals surface area contributed by atoms with E-state index in [0.29, 0.717) is 18.9 Å². The van der Waals surface area contributed by atoms with Crippen LogP contribution in [0.1, 0.15) is 46.5 Å². The lowest BCUT2D eigenvalue weighted by Gasteiger charge is -2.24. The molecule has 3 nitrogen and oxygen atoms in total. The molecule has 0 aliphatic carbocycles. The number of anilines is 1. The number of amides is 1. The molecule has 3 heteroatoms. The summed E-state index contributed by atoms with van der Waals surface area (Å²) < 4.78 is 0. The Bertz CT molecular complexity index is 376. The summed E-state index contributed by atoms with van der Waals surface area (Å²) in [5, 5.41) is 6.53. The van der Waals surface area contributed by atoms with Crippen LogP contribution < -0.4 is 10.6 Å². The molecule has 0 aliphatic rings. The molecule has 20 heavy (non-hydrogen) atoms. The van der Waals surface area contributed by atoms with E-state index in [1.807, 2.05) is 18.2 Å². The third kappa shape index (κ3) is 6.60. The molecule has 0 saturated heterocycles. The van der Waals surface area contributed by atoms with Gasteiger partial charge in [-0.3, -0.25) is 4.79 Å². The molecule has 0 unspecified atom stereocenters. The van der Waals surface area contributed by atoms with Gasteiger partial charge in [0.2, 0.25) is 5.91 Å². The van der Waals surface area contributed by atoms with Crippen molar-refractivity contribution in [2.75, 3.05) is 11.9 Å². The Labute approximate surface area is 123 Å². The first kappa shape index (κ1) is 16.5. The van der Waals surface area contributed by atoms with Crippen molar-refractivity contribution in [3.8, 4) is 0 Å². The number of benzene rings is 1. The van der Waals surface area contributed by atoms with Gasteiger partial charge in [-0.1, -0.05) is 51.8 Å². The van der Waals surface area contributed by atoms with E-state index < -0.39 is 0 Å². The number of carbonyl (C=O) groups is 1. The van der Waals surface area contributed by atoms with E-state index in [1.54, 1.807) is 0 Å². The minimum Gasteiger partial charge on any atom is -0.380 e. The molecule has 0 spiro atoms. The topological polar surface area (TPSA) is 41.1 Å². The monoisotopic (exact) mass is 276 g/mol. The SMILES string of the molecule is CCCCCC(=O)NC[C@H](Nc1ccccc1)C(C)C. The maximum Gasteiger partial charge on any atom is 0.220 e. The fraction of sp³-hybridized carbons (Fsp3) is 0.588. The van der Waals surface area contributed by atoms with Crippen molar-refractivity contribution in [2.45, 2.75) is 52.5 Å². The molecule has 1 aromatic rings. The van der Waals surface area contributed by atoms with Crippen LogP contribution in [0.5, 0.6) is 0 Å². The molecule has 2 N–H and O–H groups in total. The Kier molecular flexibility index (Phi) is 7.78. The summed E-state index contributed by atoms with van der Waals surface area (Å²) in [6.45, 7) is 7.17. The van der Waals surface area contributed by atoms with E-state index in [-0.39, 0.29) is 11.9 Å². The molecule has 0 heterocycles. The fourth-order valence-corrected chi connectivity index (χ4v) is 2.05. The maximum absolute atomic E-state index is 11.8. The van der Waals surface area contributed by atoms with Gasteiger partial charge in [-0.05, 0) is 24.5 Å². The van der Waals surface area contributed by atoms with Gasteiger partial charge in [0.25, 0.3) is 0 Å². The van der Waals surface area contributed by atoms with Crippen molar-refractivity contribution in [3.63, 3.8) is 0 Å². The average Bonchev–Trinajstić information content (AvgIpc) is 2.44. The van der Waals surface area contributed by atoms with Crippen LogP contribution in [0.25, 0.3) is 0 Å². The van der Waals surface area contributed by atoms with Gasteiger partial charge in [0.05, 0.1) is 0 Å². The van der Waals surface area contributed by atoms with Crippen LogP contribution in [-0.2, 0) is 4.79 Å². The summed E-state index contributed by atoms with van der Waals surface area (Å²) in [6.07, 6.45) is 3.91. The van der Waals surface area contributed by atoms with Crippen molar-refractivity contribution in [2.24, 2.45) is 5.92 Å². The maximum atomic E-state index is 11.8. The van der Waals surface area contributed by atoms with Gasteiger partial charge in [-0.2, -0.15) is 0 Å². The van der Waals surface area contributed by atoms with E-state index in [9.17, 15) is 4.79 Å². The lowest BCUT2D eigenvalue weighted by Crippen LogP contribution is -2.39. The number of para-hydroxylation sites is 1. The average molecular weight is 276 g/mol. The van der Waals surface area contributed by atoms with E-state index in [1.165, 1.54) is 0 Å². The van der Waals surface area contributed by atoms with Gasteiger partial charge in [0, 0.05) is 24.7 Å². The molecule has 1 atom stereocenters. The van der Waals surface area contributed by atoms with Crippen molar-refractivity contribution < 1.29 is 4.79 Å². The standard InChI is InChI=1S/C17H28N2O/c1-4-5-7-12-17(20)18-13-16(14(2)3)19-15-10-8-6-9-11-15/h6,8-11,14,16,19H,4-5,7,12-13H2,1-3H3,(H,18,20)/t16-/m0/s1. The summed E-state index contributed by atoms with van der Waals surface area (Å²) in [6, 6.07) is 10.4. The summed E-state index contributed by atoms with van der Waals surface area (Å²) in [5.74, 6) is 0.630. The summed E-state index contributed by atoms with van der Waals surface area (Å²) in [4.78, 5) is 11.8. The van der Waals surface area contributed by atoms with Gasteiger partial charge >= 0.3 is 0 Å². The Hall–Kier alpha value is -1.51. The van der Waals surface area contributed by atoms with Crippen LogP contribution in [0.2, 0.25) is 0 Å². The highest BCUT2D eigenvalue weighted by molar-refractivity contribution is 5.75. The Morgan fingerprint density at radius 2 is 1.85 bits per heavy atom. The molecule has 1 aromatic carbocycles. The zero-order valence-electron chi connectivity index (χ0n) is 13.0. The molecular formula is C17H28N2O. The van der Waals surface area contributed by atoms with Crippen molar-refractivity contribution in [1.29, 1.82) is 0 Å². The lowest BCUT2D eigenvalue weighted by atomic mass is 10.0. The minimum absolute atomic E-state index is 0.166. The Morgan fingerprint density at radius 1 is 1.15 bits per heavy atom. The molecule has 0 aromatic heterocycles. The lowest BCUT2D eigenvalue weighted by molar-refractivity contribution is -0.121. The third-order valence-corrected chi connectivity index (χ3v) is 3.46. The molecule has 0 bridgehead atoms. The zero-order chi connectivity index (χ0) is 14.8. The van der Waals surface area contributed by atoms with Gasteiger partial charge in [-0.15, -0.1) is 0 Å².